The first kappa shape index (κ1) is 14.4. The molecule has 5 rings (SSSR count). The molecule has 0 N–H and O–H groups in total. The van der Waals surface area contributed by atoms with Gasteiger partial charge in [-0.25, -0.2) is 8.42 Å². The van der Waals surface area contributed by atoms with Gasteiger partial charge in [0.2, 0.25) is 10.0 Å². The third-order valence-corrected chi connectivity index (χ3v) is 7.08. The summed E-state index contributed by atoms with van der Waals surface area (Å²) < 4.78 is 45.1. The molecule has 1 aromatic rings. The van der Waals surface area contributed by atoms with E-state index in [1.165, 1.54) is 0 Å². The van der Waals surface area contributed by atoms with E-state index < -0.39 is 15.8 Å². The van der Waals surface area contributed by atoms with Crippen LogP contribution < -0.4 is 0 Å². The number of fused-ring (bicyclic) bond motifs is 6. The van der Waals surface area contributed by atoms with Crippen LogP contribution in [-0.2, 0) is 24.2 Å². The molecule has 0 spiro atoms. The minimum absolute atomic E-state index is 0.0405. The van der Waals surface area contributed by atoms with Gasteiger partial charge in [-0.3, -0.25) is 0 Å². The standard InChI is InChI=1S/C16H19NO5S/c1-8-4-6-9(7-5-8)23(18,19)17-10-11(17)13-15(14-12(10)20-14)22-16(2,3)21-13/h4-7,10-15H,1-3H3/t10-,11+,12-,13-,14-,15-,17?/m0/s1. The van der Waals surface area contributed by atoms with Crippen LogP contribution >= 0.6 is 0 Å². The molecule has 6 nitrogen and oxygen atoms in total. The predicted octanol–water partition coefficient (Wildman–Crippen LogP) is 1.04. The number of sulfonamides is 1. The topological polar surface area (TPSA) is 68.1 Å². The number of nitrogens with zero attached hydrogens (tertiary/aromatic N) is 1. The first-order valence-electron chi connectivity index (χ1n) is 7.91. The van der Waals surface area contributed by atoms with Crippen LogP contribution in [0.2, 0.25) is 0 Å². The summed E-state index contributed by atoms with van der Waals surface area (Å²) in [6.07, 6.45) is -0.520. The highest BCUT2D eigenvalue weighted by Crippen LogP contribution is 2.57. The van der Waals surface area contributed by atoms with Gasteiger partial charge in [-0.2, -0.15) is 4.31 Å². The Bertz CT molecular complexity index is 774. The molecule has 3 saturated heterocycles. The van der Waals surface area contributed by atoms with Crippen LogP contribution in [0.5, 0.6) is 0 Å². The molecule has 1 aliphatic carbocycles. The van der Waals surface area contributed by atoms with Crippen LogP contribution in [0.3, 0.4) is 0 Å². The van der Waals surface area contributed by atoms with Crippen molar-refractivity contribution in [1.82, 2.24) is 4.31 Å². The Morgan fingerprint density at radius 3 is 2.26 bits per heavy atom. The van der Waals surface area contributed by atoms with Crippen molar-refractivity contribution in [2.45, 2.75) is 68.0 Å². The van der Waals surface area contributed by atoms with Gasteiger partial charge in [-0.05, 0) is 32.9 Å². The Balaban J connectivity index is 1.49. The Hall–Kier alpha value is -0.990. The highest BCUT2D eigenvalue weighted by Gasteiger charge is 2.78. The van der Waals surface area contributed by atoms with E-state index in [1.807, 2.05) is 32.9 Å². The van der Waals surface area contributed by atoms with Gasteiger partial charge in [-0.15, -0.1) is 0 Å². The average Bonchev–Trinajstić information content (AvgIpc) is 3.34. The van der Waals surface area contributed by atoms with Gasteiger partial charge in [0.05, 0.1) is 17.0 Å². The van der Waals surface area contributed by atoms with E-state index in [0.717, 1.165) is 5.56 Å². The SMILES string of the molecule is Cc1ccc(S(=O)(=O)N2[C@@H]3[C@@H]4O[C@@H]4[C@H]4OC(C)(C)O[C@H]4[C@@H]32)cc1. The first-order chi connectivity index (χ1) is 10.8. The van der Waals surface area contributed by atoms with E-state index in [4.69, 9.17) is 14.2 Å². The van der Waals surface area contributed by atoms with Crippen molar-refractivity contribution in [3.8, 4) is 0 Å². The van der Waals surface area contributed by atoms with Crippen LogP contribution in [0.25, 0.3) is 0 Å². The van der Waals surface area contributed by atoms with E-state index in [1.54, 1.807) is 16.4 Å². The molecule has 0 amide bonds. The van der Waals surface area contributed by atoms with Gasteiger partial charge in [0.1, 0.15) is 24.4 Å². The Morgan fingerprint density at radius 2 is 1.57 bits per heavy atom. The van der Waals surface area contributed by atoms with Gasteiger partial charge in [0.25, 0.3) is 0 Å². The Kier molecular flexibility index (Phi) is 2.59. The lowest BCUT2D eigenvalue weighted by atomic mass is 9.95. The van der Waals surface area contributed by atoms with Crippen LogP contribution in [0, 0.1) is 6.92 Å². The molecule has 1 aromatic carbocycles. The second kappa shape index (κ2) is 4.15. The highest BCUT2D eigenvalue weighted by atomic mass is 32.2. The van der Waals surface area contributed by atoms with Gasteiger partial charge >= 0.3 is 0 Å². The van der Waals surface area contributed by atoms with E-state index in [9.17, 15) is 8.42 Å². The first-order valence-corrected chi connectivity index (χ1v) is 9.35. The van der Waals surface area contributed by atoms with Crippen molar-refractivity contribution in [2.24, 2.45) is 0 Å². The summed E-state index contributed by atoms with van der Waals surface area (Å²) in [6, 6.07) is 6.65. The zero-order valence-electron chi connectivity index (χ0n) is 13.2. The fourth-order valence-electron chi connectivity index (χ4n) is 4.09. The predicted molar refractivity (Wildman–Crippen MR) is 80.3 cm³/mol. The highest BCUT2D eigenvalue weighted by molar-refractivity contribution is 7.89. The summed E-state index contributed by atoms with van der Waals surface area (Å²) in [5.41, 5.74) is 1.03. The second-order valence-electron chi connectivity index (χ2n) is 7.26. The van der Waals surface area contributed by atoms with Crippen LogP contribution in [-0.4, -0.2) is 55.0 Å². The lowest BCUT2D eigenvalue weighted by Gasteiger charge is -2.17. The quantitative estimate of drug-likeness (QED) is 0.754. The molecule has 3 aliphatic heterocycles. The number of benzene rings is 1. The summed E-state index contributed by atoms with van der Waals surface area (Å²) in [5, 5.41) is 0. The van der Waals surface area contributed by atoms with E-state index in [0.29, 0.717) is 4.90 Å². The molecule has 0 aromatic heterocycles. The minimum Gasteiger partial charge on any atom is -0.365 e. The minimum atomic E-state index is -3.53. The number of epoxide rings is 1. The van der Waals surface area contributed by atoms with Crippen molar-refractivity contribution in [1.29, 1.82) is 0 Å². The van der Waals surface area contributed by atoms with E-state index >= 15 is 0 Å². The van der Waals surface area contributed by atoms with Crippen molar-refractivity contribution in [3.63, 3.8) is 0 Å². The van der Waals surface area contributed by atoms with Crippen LogP contribution in [0.1, 0.15) is 19.4 Å². The maximum absolute atomic E-state index is 13.0. The second-order valence-corrected chi connectivity index (χ2v) is 9.10. The largest absolute Gasteiger partial charge is 0.365 e. The zero-order chi connectivity index (χ0) is 16.1. The van der Waals surface area contributed by atoms with Gasteiger partial charge in [0, 0.05) is 0 Å². The molecule has 4 aliphatic rings. The molecule has 7 heteroatoms. The third kappa shape index (κ3) is 1.91. The summed E-state index contributed by atoms with van der Waals surface area (Å²) in [6.45, 7) is 5.66. The summed E-state index contributed by atoms with van der Waals surface area (Å²) >= 11 is 0. The van der Waals surface area contributed by atoms with E-state index in [-0.39, 0.29) is 36.5 Å². The lowest BCUT2D eigenvalue weighted by molar-refractivity contribution is -0.147. The molecule has 23 heavy (non-hydrogen) atoms. The molecular weight excluding hydrogens is 318 g/mol. The lowest BCUT2D eigenvalue weighted by Crippen LogP contribution is -2.39. The monoisotopic (exact) mass is 337 g/mol. The third-order valence-electron chi connectivity index (χ3n) is 5.17. The number of hydrogen-bond donors (Lipinski definition) is 0. The molecule has 0 bridgehead atoms. The van der Waals surface area contributed by atoms with Crippen LogP contribution in [0.4, 0.5) is 0 Å². The fraction of sp³-hybridized carbons (Fsp3) is 0.625. The summed E-state index contributed by atoms with van der Waals surface area (Å²) in [5.74, 6) is -0.692. The van der Waals surface area contributed by atoms with Crippen molar-refractivity contribution < 1.29 is 22.6 Å². The van der Waals surface area contributed by atoms with Crippen molar-refractivity contribution in [2.75, 3.05) is 0 Å². The molecule has 4 fully saturated rings. The number of ether oxygens (including phenoxy) is 3. The molecule has 3 heterocycles. The average molecular weight is 337 g/mol. The zero-order valence-corrected chi connectivity index (χ0v) is 14.0. The number of rotatable bonds is 2. The smallest absolute Gasteiger partial charge is 0.243 e. The molecule has 124 valence electrons. The van der Waals surface area contributed by atoms with Crippen molar-refractivity contribution in [3.05, 3.63) is 29.8 Å². The van der Waals surface area contributed by atoms with Crippen molar-refractivity contribution >= 4 is 10.0 Å². The normalized spacial score (nSPS) is 45.8. The van der Waals surface area contributed by atoms with Crippen LogP contribution in [0.15, 0.2) is 29.2 Å². The summed E-state index contributed by atoms with van der Waals surface area (Å²) in [4.78, 5) is 0.324. The van der Waals surface area contributed by atoms with Gasteiger partial charge in [-0.1, -0.05) is 17.7 Å². The Morgan fingerprint density at radius 1 is 0.957 bits per heavy atom. The van der Waals surface area contributed by atoms with Gasteiger partial charge < -0.3 is 14.2 Å². The molecule has 1 saturated carbocycles. The molecular formula is C16H19NO5S. The molecule has 1 unspecified atom stereocenters. The maximum atomic E-state index is 13.0. The number of hydrogen-bond acceptors (Lipinski definition) is 5. The molecule has 0 radical (unpaired) electrons. The van der Waals surface area contributed by atoms with Gasteiger partial charge in [0.15, 0.2) is 5.79 Å². The Labute approximate surface area is 135 Å². The number of aryl methyl sites for hydroxylation is 1. The maximum Gasteiger partial charge on any atom is 0.243 e. The van der Waals surface area contributed by atoms with E-state index in [2.05, 4.69) is 0 Å². The molecule has 7 atom stereocenters. The fourth-order valence-corrected chi connectivity index (χ4v) is 5.89. The summed E-state index contributed by atoms with van der Waals surface area (Å²) in [7, 11) is -3.53.